The van der Waals surface area contributed by atoms with Crippen LogP contribution in [-0.4, -0.2) is 14.5 Å². The van der Waals surface area contributed by atoms with Gasteiger partial charge in [-0.15, -0.1) is 11.3 Å². The average Bonchev–Trinajstić information content (AvgIpc) is 3.14. The summed E-state index contributed by atoms with van der Waals surface area (Å²) in [6.45, 7) is 2.18. The molecule has 2 aromatic rings. The molecule has 6 heteroatoms. The largest absolute Gasteiger partial charge is 0.326 e. The first-order chi connectivity index (χ1) is 10.0. The molecule has 21 heavy (non-hydrogen) atoms. The summed E-state index contributed by atoms with van der Waals surface area (Å²) >= 11 is 1.46. The van der Waals surface area contributed by atoms with Crippen LogP contribution in [0.4, 0.5) is 0 Å². The van der Waals surface area contributed by atoms with Crippen molar-refractivity contribution in [3.05, 3.63) is 29.1 Å². The van der Waals surface area contributed by atoms with E-state index in [-0.39, 0.29) is 12.6 Å². The second kappa shape index (κ2) is 5.68. The Bertz CT molecular complexity index is 748. The summed E-state index contributed by atoms with van der Waals surface area (Å²) < 4.78 is 29.3. The van der Waals surface area contributed by atoms with Crippen LogP contribution in [0.15, 0.2) is 29.2 Å². The molecule has 0 spiro atoms. The average molecular weight is 324 g/mol. The van der Waals surface area contributed by atoms with Crippen LogP contribution in [0, 0.1) is 5.92 Å². The molecule has 1 unspecified atom stereocenters. The predicted octanol–water partition coefficient (Wildman–Crippen LogP) is 2.83. The summed E-state index contributed by atoms with van der Waals surface area (Å²) in [5, 5.41) is 0.772. The van der Waals surface area contributed by atoms with Gasteiger partial charge in [0.2, 0.25) is 10.0 Å². The number of thiophene rings is 1. The van der Waals surface area contributed by atoms with Crippen molar-refractivity contribution in [2.75, 3.05) is 0 Å². The van der Waals surface area contributed by atoms with E-state index in [4.69, 9.17) is 5.73 Å². The third kappa shape index (κ3) is 3.13. The maximum Gasteiger partial charge on any atom is 0.242 e. The van der Waals surface area contributed by atoms with Gasteiger partial charge in [0.1, 0.15) is 4.90 Å². The number of benzene rings is 1. The van der Waals surface area contributed by atoms with Gasteiger partial charge in [-0.25, -0.2) is 13.1 Å². The summed E-state index contributed by atoms with van der Waals surface area (Å²) in [6.07, 6.45) is 3.36. The van der Waals surface area contributed by atoms with Crippen molar-refractivity contribution in [3.63, 3.8) is 0 Å². The summed E-state index contributed by atoms with van der Waals surface area (Å²) in [4.78, 5) is 1.09. The zero-order chi connectivity index (χ0) is 15.0. The van der Waals surface area contributed by atoms with E-state index >= 15 is 0 Å². The lowest BCUT2D eigenvalue weighted by molar-refractivity contribution is 0.530. The second-order valence-electron chi connectivity index (χ2n) is 5.76. The standard InChI is InChI=1S/C15H20N2O2S2/c1-10(8-11-6-7-11)17-21(18,19)15-12-4-2-3-5-13(12)20-14(15)9-16/h2-5,10-11,17H,6-9,16H2,1H3. The first-order valence-electron chi connectivity index (χ1n) is 7.24. The van der Waals surface area contributed by atoms with Crippen LogP contribution in [0.25, 0.3) is 10.1 Å². The molecule has 1 saturated carbocycles. The molecule has 0 radical (unpaired) electrons. The van der Waals surface area contributed by atoms with Gasteiger partial charge < -0.3 is 5.73 Å². The molecular weight excluding hydrogens is 304 g/mol. The van der Waals surface area contributed by atoms with Gasteiger partial charge in [-0.2, -0.15) is 0 Å². The molecule has 1 aliphatic carbocycles. The van der Waals surface area contributed by atoms with Crippen molar-refractivity contribution in [2.24, 2.45) is 11.7 Å². The molecule has 1 fully saturated rings. The van der Waals surface area contributed by atoms with Crippen LogP contribution in [0.3, 0.4) is 0 Å². The van der Waals surface area contributed by atoms with E-state index in [1.165, 1.54) is 24.2 Å². The van der Waals surface area contributed by atoms with E-state index < -0.39 is 10.0 Å². The molecule has 3 N–H and O–H groups in total. The van der Waals surface area contributed by atoms with Crippen LogP contribution in [0.5, 0.6) is 0 Å². The number of hydrogen-bond acceptors (Lipinski definition) is 4. The van der Waals surface area contributed by atoms with Crippen LogP contribution in [0.2, 0.25) is 0 Å². The first-order valence-corrected chi connectivity index (χ1v) is 9.54. The van der Waals surface area contributed by atoms with Crippen molar-refractivity contribution in [2.45, 2.75) is 43.7 Å². The molecule has 1 atom stereocenters. The van der Waals surface area contributed by atoms with Gasteiger partial charge in [0.05, 0.1) is 0 Å². The summed E-state index contributed by atoms with van der Waals surface area (Å²) in [5.74, 6) is 0.691. The van der Waals surface area contributed by atoms with Crippen molar-refractivity contribution in [3.8, 4) is 0 Å². The van der Waals surface area contributed by atoms with Crippen LogP contribution in [0.1, 0.15) is 31.1 Å². The highest BCUT2D eigenvalue weighted by molar-refractivity contribution is 7.90. The van der Waals surface area contributed by atoms with E-state index in [9.17, 15) is 8.42 Å². The molecule has 1 heterocycles. The van der Waals surface area contributed by atoms with Crippen molar-refractivity contribution >= 4 is 31.4 Å². The molecule has 0 bridgehead atoms. The highest BCUT2D eigenvalue weighted by Crippen LogP contribution is 2.36. The van der Waals surface area contributed by atoms with Gasteiger partial charge in [0.25, 0.3) is 0 Å². The van der Waals surface area contributed by atoms with Gasteiger partial charge >= 0.3 is 0 Å². The van der Waals surface area contributed by atoms with E-state index in [1.54, 1.807) is 0 Å². The van der Waals surface area contributed by atoms with E-state index in [0.29, 0.717) is 10.8 Å². The predicted molar refractivity (Wildman–Crippen MR) is 86.8 cm³/mol. The van der Waals surface area contributed by atoms with Crippen molar-refractivity contribution in [1.29, 1.82) is 0 Å². The molecule has 114 valence electrons. The molecule has 0 aliphatic heterocycles. The lowest BCUT2D eigenvalue weighted by Gasteiger charge is -2.14. The smallest absolute Gasteiger partial charge is 0.242 e. The third-order valence-corrected chi connectivity index (χ3v) is 6.85. The number of rotatable bonds is 6. The Morgan fingerprint density at radius 1 is 1.38 bits per heavy atom. The third-order valence-electron chi connectivity index (χ3n) is 3.81. The molecule has 1 aliphatic rings. The Hall–Kier alpha value is -0.950. The van der Waals surface area contributed by atoms with Crippen molar-refractivity contribution in [1.82, 2.24) is 4.72 Å². The fourth-order valence-electron chi connectivity index (χ4n) is 2.73. The lowest BCUT2D eigenvalue weighted by Crippen LogP contribution is -2.33. The fourth-order valence-corrected chi connectivity index (χ4v) is 5.82. The SMILES string of the molecule is CC(CC1CC1)NS(=O)(=O)c1c(CN)sc2ccccc12. The molecule has 1 aromatic heterocycles. The number of nitrogens with two attached hydrogens (primary N) is 1. The van der Waals surface area contributed by atoms with Gasteiger partial charge in [-0.1, -0.05) is 31.0 Å². The van der Waals surface area contributed by atoms with E-state index in [2.05, 4.69) is 4.72 Å². The molecule has 0 amide bonds. The normalized spacial score (nSPS) is 17.2. The van der Waals surface area contributed by atoms with Gasteiger partial charge in [0.15, 0.2) is 0 Å². The lowest BCUT2D eigenvalue weighted by atomic mass is 10.2. The summed E-state index contributed by atoms with van der Waals surface area (Å²) in [6, 6.07) is 7.53. The van der Waals surface area contributed by atoms with E-state index in [0.717, 1.165) is 21.4 Å². The maximum atomic E-state index is 12.7. The zero-order valence-corrected chi connectivity index (χ0v) is 13.6. The minimum Gasteiger partial charge on any atom is -0.326 e. The van der Waals surface area contributed by atoms with Gasteiger partial charge in [0, 0.05) is 27.5 Å². The molecule has 1 aromatic carbocycles. The number of hydrogen-bond donors (Lipinski definition) is 2. The molecule has 3 rings (SSSR count). The fraction of sp³-hybridized carbons (Fsp3) is 0.467. The Morgan fingerprint density at radius 2 is 2.10 bits per heavy atom. The summed E-state index contributed by atoms with van der Waals surface area (Å²) in [5.41, 5.74) is 5.75. The zero-order valence-electron chi connectivity index (χ0n) is 12.0. The van der Waals surface area contributed by atoms with Crippen LogP contribution >= 0.6 is 11.3 Å². The van der Waals surface area contributed by atoms with Crippen LogP contribution < -0.4 is 10.5 Å². The Balaban J connectivity index is 1.96. The minimum atomic E-state index is -3.52. The Morgan fingerprint density at radius 3 is 2.76 bits per heavy atom. The molecule has 4 nitrogen and oxygen atoms in total. The monoisotopic (exact) mass is 324 g/mol. The van der Waals surface area contributed by atoms with E-state index in [1.807, 2.05) is 31.2 Å². The van der Waals surface area contributed by atoms with Crippen molar-refractivity contribution < 1.29 is 8.42 Å². The topological polar surface area (TPSA) is 72.2 Å². The second-order valence-corrected chi connectivity index (χ2v) is 8.54. The quantitative estimate of drug-likeness (QED) is 0.858. The number of fused-ring (bicyclic) bond motifs is 1. The first kappa shape index (κ1) is 15.0. The van der Waals surface area contributed by atoms with Crippen LogP contribution in [-0.2, 0) is 16.6 Å². The Kier molecular flexibility index (Phi) is 4.05. The Labute approximate surface area is 129 Å². The number of nitrogens with one attached hydrogen (secondary N) is 1. The maximum absolute atomic E-state index is 12.7. The van der Waals surface area contributed by atoms with Gasteiger partial charge in [-0.05, 0) is 25.3 Å². The highest BCUT2D eigenvalue weighted by atomic mass is 32.2. The highest BCUT2D eigenvalue weighted by Gasteiger charge is 2.29. The molecule has 0 saturated heterocycles. The molecular formula is C15H20N2O2S2. The van der Waals surface area contributed by atoms with Gasteiger partial charge in [-0.3, -0.25) is 0 Å². The summed E-state index contributed by atoms with van der Waals surface area (Å²) in [7, 11) is -3.52. The number of sulfonamides is 1. The minimum absolute atomic E-state index is 0.0354.